The van der Waals surface area contributed by atoms with Crippen LogP contribution in [0.2, 0.25) is 0 Å². The van der Waals surface area contributed by atoms with Crippen LogP contribution in [0.25, 0.3) is 0 Å². The molecule has 3 aromatic rings. The molecule has 5 nitrogen and oxygen atoms in total. The molecule has 0 saturated heterocycles. The minimum absolute atomic E-state index is 0.253. The Hall–Kier alpha value is -3.60. The van der Waals surface area contributed by atoms with Crippen molar-refractivity contribution in [3.63, 3.8) is 0 Å². The van der Waals surface area contributed by atoms with Gasteiger partial charge in [0.1, 0.15) is 5.75 Å². The summed E-state index contributed by atoms with van der Waals surface area (Å²) < 4.78 is 5.24. The van der Waals surface area contributed by atoms with Crippen molar-refractivity contribution in [2.75, 3.05) is 12.4 Å². The van der Waals surface area contributed by atoms with Gasteiger partial charge in [-0.3, -0.25) is 9.59 Å². The Kier molecular flexibility index (Phi) is 6.07. The zero-order chi connectivity index (χ0) is 19.9. The Labute approximate surface area is 164 Å². The summed E-state index contributed by atoms with van der Waals surface area (Å²) in [6.07, 6.45) is 0. The van der Waals surface area contributed by atoms with Gasteiger partial charge in [0.2, 0.25) is 0 Å². The number of rotatable bonds is 6. The summed E-state index contributed by atoms with van der Waals surface area (Å²) in [6.45, 7) is 2.43. The van der Waals surface area contributed by atoms with E-state index in [1.165, 1.54) is 12.7 Å². The molecule has 142 valence electrons. The third kappa shape index (κ3) is 4.57. The number of methoxy groups -OCH3 is 1. The highest BCUT2D eigenvalue weighted by Gasteiger charge is 2.16. The maximum atomic E-state index is 12.7. The van der Waals surface area contributed by atoms with Crippen molar-refractivity contribution in [3.8, 4) is 5.75 Å². The average molecular weight is 374 g/mol. The summed E-state index contributed by atoms with van der Waals surface area (Å²) in [5.41, 5.74) is 3.42. The van der Waals surface area contributed by atoms with Crippen molar-refractivity contribution in [3.05, 3.63) is 95.1 Å². The van der Waals surface area contributed by atoms with Gasteiger partial charge in [-0.2, -0.15) is 0 Å². The first-order valence-electron chi connectivity index (χ1n) is 8.95. The van der Waals surface area contributed by atoms with Gasteiger partial charge in [-0.25, -0.2) is 0 Å². The number of anilines is 1. The number of aryl methyl sites for hydroxylation is 1. The predicted octanol–water partition coefficient (Wildman–Crippen LogP) is 4.19. The highest BCUT2D eigenvalue weighted by molar-refractivity contribution is 6.10. The Morgan fingerprint density at radius 3 is 2.18 bits per heavy atom. The standard InChI is InChI=1S/C23H22N2O3/c1-16-11-13-17(14-12-16)15-24-22(26)18-7-3-5-9-20(18)25-23(27)19-8-4-6-10-21(19)28-2/h3-14H,15H2,1-2H3,(H,24,26)(H,25,27). The average Bonchev–Trinajstić information content (AvgIpc) is 2.73. The second-order valence-electron chi connectivity index (χ2n) is 6.37. The van der Waals surface area contributed by atoms with Crippen molar-refractivity contribution >= 4 is 17.5 Å². The number of carbonyl (C=O) groups excluding carboxylic acids is 2. The van der Waals surface area contributed by atoms with Crippen molar-refractivity contribution < 1.29 is 14.3 Å². The van der Waals surface area contributed by atoms with Gasteiger partial charge >= 0.3 is 0 Å². The molecule has 0 saturated carbocycles. The van der Waals surface area contributed by atoms with Crippen LogP contribution >= 0.6 is 0 Å². The van der Waals surface area contributed by atoms with Crippen LogP contribution in [0.5, 0.6) is 5.75 Å². The molecule has 0 fully saturated rings. The fourth-order valence-electron chi connectivity index (χ4n) is 2.80. The quantitative estimate of drug-likeness (QED) is 0.680. The minimum Gasteiger partial charge on any atom is -0.496 e. The molecule has 0 spiro atoms. The molecule has 2 N–H and O–H groups in total. The van der Waals surface area contributed by atoms with Gasteiger partial charge in [0, 0.05) is 6.54 Å². The summed E-state index contributed by atoms with van der Waals surface area (Å²) in [6, 6.07) is 21.8. The molecule has 0 radical (unpaired) electrons. The second kappa shape index (κ2) is 8.86. The Balaban J connectivity index is 1.74. The van der Waals surface area contributed by atoms with Crippen LogP contribution in [0.4, 0.5) is 5.69 Å². The van der Waals surface area contributed by atoms with E-state index in [1.54, 1.807) is 48.5 Å². The summed E-state index contributed by atoms with van der Waals surface area (Å²) in [4.78, 5) is 25.3. The molecule has 3 aromatic carbocycles. The fourth-order valence-corrected chi connectivity index (χ4v) is 2.80. The van der Waals surface area contributed by atoms with Gasteiger partial charge in [0.25, 0.3) is 11.8 Å². The Morgan fingerprint density at radius 2 is 1.46 bits per heavy atom. The van der Waals surface area contributed by atoms with Crippen LogP contribution in [-0.4, -0.2) is 18.9 Å². The van der Waals surface area contributed by atoms with E-state index >= 15 is 0 Å². The lowest BCUT2D eigenvalue weighted by molar-refractivity contribution is 0.0952. The molecule has 0 atom stereocenters. The van der Waals surface area contributed by atoms with Crippen LogP contribution in [-0.2, 0) is 6.54 Å². The van der Waals surface area contributed by atoms with Gasteiger partial charge in [0.15, 0.2) is 0 Å². The van der Waals surface area contributed by atoms with E-state index in [2.05, 4.69) is 10.6 Å². The van der Waals surface area contributed by atoms with E-state index < -0.39 is 0 Å². The van der Waals surface area contributed by atoms with Crippen LogP contribution in [0.1, 0.15) is 31.8 Å². The Bertz CT molecular complexity index is 981. The number of benzene rings is 3. The highest BCUT2D eigenvalue weighted by Crippen LogP contribution is 2.21. The monoisotopic (exact) mass is 374 g/mol. The molecular formula is C23H22N2O3. The largest absolute Gasteiger partial charge is 0.496 e. The molecule has 5 heteroatoms. The van der Waals surface area contributed by atoms with E-state index in [-0.39, 0.29) is 11.8 Å². The molecule has 0 heterocycles. The van der Waals surface area contributed by atoms with Crippen molar-refractivity contribution in [2.45, 2.75) is 13.5 Å². The lowest BCUT2D eigenvalue weighted by Crippen LogP contribution is -2.25. The first-order valence-corrected chi connectivity index (χ1v) is 8.95. The number of amides is 2. The van der Waals surface area contributed by atoms with Crippen LogP contribution < -0.4 is 15.4 Å². The lowest BCUT2D eigenvalue weighted by atomic mass is 10.1. The molecule has 0 unspecified atom stereocenters. The van der Waals surface area contributed by atoms with E-state index in [1.807, 2.05) is 31.2 Å². The van der Waals surface area contributed by atoms with E-state index in [0.29, 0.717) is 29.1 Å². The van der Waals surface area contributed by atoms with Crippen LogP contribution in [0, 0.1) is 6.92 Å². The third-order valence-electron chi connectivity index (χ3n) is 4.35. The summed E-state index contributed by atoms with van der Waals surface area (Å²) in [5.74, 6) is -0.117. The molecular weight excluding hydrogens is 352 g/mol. The van der Waals surface area contributed by atoms with E-state index in [9.17, 15) is 9.59 Å². The van der Waals surface area contributed by atoms with Crippen LogP contribution in [0.3, 0.4) is 0 Å². The molecule has 2 amide bonds. The molecule has 0 aliphatic rings. The van der Waals surface area contributed by atoms with Gasteiger partial charge in [-0.05, 0) is 36.8 Å². The number of ether oxygens (including phenoxy) is 1. The van der Waals surface area contributed by atoms with Gasteiger partial charge in [-0.15, -0.1) is 0 Å². The zero-order valence-electron chi connectivity index (χ0n) is 15.9. The smallest absolute Gasteiger partial charge is 0.259 e. The summed E-state index contributed by atoms with van der Waals surface area (Å²) in [5, 5.41) is 5.70. The van der Waals surface area contributed by atoms with Gasteiger partial charge in [0.05, 0.1) is 23.9 Å². The first kappa shape index (κ1) is 19.2. The van der Waals surface area contributed by atoms with E-state index in [4.69, 9.17) is 4.74 Å². The second-order valence-corrected chi connectivity index (χ2v) is 6.37. The third-order valence-corrected chi connectivity index (χ3v) is 4.35. The Morgan fingerprint density at radius 1 is 0.821 bits per heavy atom. The summed E-state index contributed by atoms with van der Waals surface area (Å²) >= 11 is 0. The number of hydrogen-bond acceptors (Lipinski definition) is 3. The van der Waals surface area contributed by atoms with Crippen molar-refractivity contribution in [1.29, 1.82) is 0 Å². The number of hydrogen-bond donors (Lipinski definition) is 2. The molecule has 3 rings (SSSR count). The normalized spacial score (nSPS) is 10.2. The molecule has 0 bridgehead atoms. The number of para-hydroxylation sites is 2. The number of nitrogens with one attached hydrogen (secondary N) is 2. The molecule has 0 aromatic heterocycles. The maximum Gasteiger partial charge on any atom is 0.259 e. The predicted molar refractivity (Wildman–Crippen MR) is 110 cm³/mol. The van der Waals surface area contributed by atoms with E-state index in [0.717, 1.165) is 5.56 Å². The summed E-state index contributed by atoms with van der Waals surface area (Å²) in [7, 11) is 1.51. The molecule has 0 aliphatic carbocycles. The molecule has 28 heavy (non-hydrogen) atoms. The maximum absolute atomic E-state index is 12.7. The first-order chi connectivity index (χ1) is 13.6. The number of carbonyl (C=O) groups is 2. The lowest BCUT2D eigenvalue weighted by Gasteiger charge is -2.13. The van der Waals surface area contributed by atoms with Crippen molar-refractivity contribution in [2.24, 2.45) is 0 Å². The van der Waals surface area contributed by atoms with Gasteiger partial charge in [-0.1, -0.05) is 54.1 Å². The SMILES string of the molecule is COc1ccccc1C(=O)Nc1ccccc1C(=O)NCc1ccc(C)cc1. The minimum atomic E-state index is -0.337. The topological polar surface area (TPSA) is 67.4 Å². The van der Waals surface area contributed by atoms with Crippen molar-refractivity contribution in [1.82, 2.24) is 5.32 Å². The van der Waals surface area contributed by atoms with Gasteiger partial charge < -0.3 is 15.4 Å². The van der Waals surface area contributed by atoms with Crippen LogP contribution in [0.15, 0.2) is 72.8 Å². The zero-order valence-corrected chi connectivity index (χ0v) is 15.9. The molecule has 0 aliphatic heterocycles. The fraction of sp³-hybridized carbons (Fsp3) is 0.130. The highest BCUT2D eigenvalue weighted by atomic mass is 16.5.